The highest BCUT2D eigenvalue weighted by Crippen LogP contribution is 2.24. The molecule has 142 valence electrons. The SMILES string of the molecule is CS(=O)(=O)c1ccc(CN2CCC[C@@H](Cc3ccc4[nH]ncc4c3)C2)cc1. The maximum atomic E-state index is 11.6. The number of sulfone groups is 1. The van der Waals surface area contributed by atoms with Gasteiger partial charge in [0.1, 0.15) is 0 Å². The molecule has 0 spiro atoms. The Balaban J connectivity index is 1.39. The monoisotopic (exact) mass is 383 g/mol. The van der Waals surface area contributed by atoms with Gasteiger partial charge in [0, 0.05) is 24.7 Å². The van der Waals surface area contributed by atoms with Crippen LogP contribution in [-0.4, -0.2) is 42.9 Å². The van der Waals surface area contributed by atoms with Gasteiger partial charge in [-0.2, -0.15) is 5.10 Å². The number of H-pyrrole nitrogens is 1. The Morgan fingerprint density at radius 3 is 2.70 bits per heavy atom. The molecule has 6 heteroatoms. The summed E-state index contributed by atoms with van der Waals surface area (Å²) in [5.74, 6) is 0.651. The molecule has 27 heavy (non-hydrogen) atoms. The highest BCUT2D eigenvalue weighted by molar-refractivity contribution is 7.90. The van der Waals surface area contributed by atoms with Crippen LogP contribution in [0.3, 0.4) is 0 Å². The summed E-state index contributed by atoms with van der Waals surface area (Å²) < 4.78 is 23.2. The number of nitrogens with zero attached hydrogens (tertiary/aromatic N) is 2. The molecule has 0 radical (unpaired) electrons. The zero-order valence-electron chi connectivity index (χ0n) is 15.6. The topological polar surface area (TPSA) is 66.1 Å². The highest BCUT2D eigenvalue weighted by Gasteiger charge is 2.20. The van der Waals surface area contributed by atoms with Gasteiger partial charge in [-0.05, 0) is 67.1 Å². The summed E-state index contributed by atoms with van der Waals surface area (Å²) in [7, 11) is -3.13. The van der Waals surface area contributed by atoms with Crippen molar-refractivity contribution in [2.75, 3.05) is 19.3 Å². The van der Waals surface area contributed by atoms with Gasteiger partial charge in [-0.25, -0.2) is 8.42 Å². The van der Waals surface area contributed by atoms with Crippen molar-refractivity contribution in [1.82, 2.24) is 15.1 Å². The molecule has 1 aromatic heterocycles. The molecule has 0 aliphatic carbocycles. The summed E-state index contributed by atoms with van der Waals surface area (Å²) in [5, 5.41) is 8.27. The maximum Gasteiger partial charge on any atom is 0.175 e. The first-order valence-corrected chi connectivity index (χ1v) is 11.3. The largest absolute Gasteiger partial charge is 0.299 e. The van der Waals surface area contributed by atoms with E-state index in [1.54, 1.807) is 12.1 Å². The van der Waals surface area contributed by atoms with Gasteiger partial charge in [0.05, 0.1) is 16.6 Å². The predicted molar refractivity (Wildman–Crippen MR) is 107 cm³/mol. The van der Waals surface area contributed by atoms with Crippen molar-refractivity contribution in [2.45, 2.75) is 30.7 Å². The molecule has 1 saturated heterocycles. The number of benzene rings is 2. The summed E-state index contributed by atoms with van der Waals surface area (Å²) >= 11 is 0. The summed E-state index contributed by atoms with van der Waals surface area (Å²) in [5.41, 5.74) is 3.62. The fourth-order valence-corrected chi connectivity index (χ4v) is 4.64. The average Bonchev–Trinajstić information content (AvgIpc) is 3.09. The van der Waals surface area contributed by atoms with Crippen LogP contribution in [0, 0.1) is 5.92 Å². The molecule has 1 atom stereocenters. The normalized spacial score (nSPS) is 18.8. The molecule has 1 fully saturated rings. The predicted octanol–water partition coefficient (Wildman–Crippen LogP) is 3.42. The minimum Gasteiger partial charge on any atom is -0.299 e. The van der Waals surface area contributed by atoms with E-state index in [1.165, 1.54) is 35.6 Å². The zero-order chi connectivity index (χ0) is 18.9. The molecule has 2 aromatic carbocycles. The third-order valence-corrected chi connectivity index (χ3v) is 6.52. The van der Waals surface area contributed by atoms with Gasteiger partial charge in [-0.3, -0.25) is 10.00 Å². The Morgan fingerprint density at radius 1 is 1.15 bits per heavy atom. The van der Waals surface area contributed by atoms with Crippen LogP contribution < -0.4 is 0 Å². The Morgan fingerprint density at radius 2 is 1.93 bits per heavy atom. The van der Waals surface area contributed by atoms with Gasteiger partial charge in [0.2, 0.25) is 0 Å². The molecule has 0 saturated carbocycles. The van der Waals surface area contributed by atoms with E-state index >= 15 is 0 Å². The van der Waals surface area contributed by atoms with Crippen molar-refractivity contribution in [1.29, 1.82) is 0 Å². The molecule has 0 amide bonds. The number of nitrogens with one attached hydrogen (secondary N) is 1. The number of rotatable bonds is 5. The molecule has 1 aliphatic heterocycles. The molecular formula is C21H25N3O2S. The first-order valence-electron chi connectivity index (χ1n) is 9.41. The van der Waals surface area contributed by atoms with Gasteiger partial charge < -0.3 is 0 Å². The number of fused-ring (bicyclic) bond motifs is 1. The standard InChI is InChI=1S/C21H25N3O2S/c1-27(25,26)20-7-4-16(5-8-20)14-24-10-2-3-18(15-24)11-17-6-9-21-19(12-17)13-22-23-21/h4-9,12-13,18H,2-3,10-11,14-15H2,1H3,(H,22,23)/t18-/m0/s1. The summed E-state index contributed by atoms with van der Waals surface area (Å²) in [6.07, 6.45) is 6.68. The van der Waals surface area contributed by atoms with Crippen LogP contribution in [-0.2, 0) is 22.8 Å². The first kappa shape index (κ1) is 18.2. The van der Waals surface area contributed by atoms with Crippen LogP contribution in [0.1, 0.15) is 24.0 Å². The minimum atomic E-state index is -3.13. The molecule has 4 rings (SSSR count). The van der Waals surface area contributed by atoms with Crippen LogP contribution >= 0.6 is 0 Å². The van der Waals surface area contributed by atoms with Crippen LogP contribution in [0.4, 0.5) is 0 Å². The molecule has 1 aliphatic rings. The quantitative estimate of drug-likeness (QED) is 0.733. The first-order chi connectivity index (χ1) is 13.0. The molecular weight excluding hydrogens is 358 g/mol. The van der Waals surface area contributed by atoms with E-state index in [1.807, 2.05) is 18.3 Å². The van der Waals surface area contributed by atoms with Crippen molar-refractivity contribution in [3.05, 3.63) is 59.8 Å². The van der Waals surface area contributed by atoms with E-state index in [9.17, 15) is 8.42 Å². The number of likely N-dealkylation sites (tertiary alicyclic amines) is 1. The van der Waals surface area contributed by atoms with Gasteiger partial charge in [-0.15, -0.1) is 0 Å². The van der Waals surface area contributed by atoms with E-state index in [4.69, 9.17) is 0 Å². The Kier molecular flexibility index (Phi) is 5.02. The number of aromatic nitrogens is 2. The summed E-state index contributed by atoms with van der Waals surface area (Å²) in [6, 6.07) is 13.9. The van der Waals surface area contributed by atoms with E-state index in [0.717, 1.165) is 31.6 Å². The van der Waals surface area contributed by atoms with Gasteiger partial charge in [0.15, 0.2) is 9.84 Å². The van der Waals surface area contributed by atoms with Crippen LogP contribution in [0.5, 0.6) is 0 Å². The Labute approximate surface area is 160 Å². The number of aromatic amines is 1. The summed E-state index contributed by atoms with van der Waals surface area (Å²) in [6.45, 7) is 3.06. The van der Waals surface area contributed by atoms with Crippen LogP contribution in [0.15, 0.2) is 53.6 Å². The van der Waals surface area contributed by atoms with E-state index < -0.39 is 9.84 Å². The molecule has 2 heterocycles. The molecule has 0 bridgehead atoms. The van der Waals surface area contributed by atoms with Crippen molar-refractivity contribution < 1.29 is 8.42 Å². The van der Waals surface area contributed by atoms with E-state index in [0.29, 0.717) is 10.8 Å². The van der Waals surface area contributed by atoms with Crippen molar-refractivity contribution in [3.8, 4) is 0 Å². The van der Waals surface area contributed by atoms with Crippen LogP contribution in [0.2, 0.25) is 0 Å². The van der Waals surface area contributed by atoms with Gasteiger partial charge in [-0.1, -0.05) is 18.2 Å². The Bertz CT molecular complexity index is 1030. The van der Waals surface area contributed by atoms with Crippen molar-refractivity contribution in [3.63, 3.8) is 0 Å². The lowest BCUT2D eigenvalue weighted by Crippen LogP contribution is -2.35. The fourth-order valence-electron chi connectivity index (χ4n) is 4.01. The summed E-state index contributed by atoms with van der Waals surface area (Å²) in [4.78, 5) is 2.87. The molecule has 3 aromatic rings. The Hall–Kier alpha value is -2.18. The third kappa shape index (κ3) is 4.39. The fraction of sp³-hybridized carbons (Fsp3) is 0.381. The number of hydrogen-bond donors (Lipinski definition) is 1. The molecule has 5 nitrogen and oxygen atoms in total. The second-order valence-corrected chi connectivity index (χ2v) is 9.67. The second kappa shape index (κ2) is 7.44. The minimum absolute atomic E-state index is 0.386. The van der Waals surface area contributed by atoms with Crippen molar-refractivity contribution >= 4 is 20.7 Å². The van der Waals surface area contributed by atoms with E-state index in [-0.39, 0.29) is 0 Å². The number of piperidine rings is 1. The average molecular weight is 384 g/mol. The second-order valence-electron chi connectivity index (χ2n) is 7.66. The molecule has 0 unspecified atom stereocenters. The lowest BCUT2D eigenvalue weighted by molar-refractivity contribution is 0.167. The number of hydrogen-bond acceptors (Lipinski definition) is 4. The van der Waals surface area contributed by atoms with Crippen molar-refractivity contribution in [2.24, 2.45) is 5.92 Å². The van der Waals surface area contributed by atoms with E-state index in [2.05, 4.69) is 33.3 Å². The smallest absolute Gasteiger partial charge is 0.175 e. The highest BCUT2D eigenvalue weighted by atomic mass is 32.2. The van der Waals surface area contributed by atoms with Crippen LogP contribution in [0.25, 0.3) is 10.9 Å². The van der Waals surface area contributed by atoms with Gasteiger partial charge >= 0.3 is 0 Å². The van der Waals surface area contributed by atoms with Gasteiger partial charge in [0.25, 0.3) is 0 Å². The molecule has 1 N–H and O–H groups in total. The lowest BCUT2D eigenvalue weighted by atomic mass is 9.90. The maximum absolute atomic E-state index is 11.6. The lowest BCUT2D eigenvalue weighted by Gasteiger charge is -2.33. The zero-order valence-corrected chi connectivity index (χ0v) is 16.4. The third-order valence-electron chi connectivity index (χ3n) is 5.39.